The third-order valence-corrected chi connectivity index (χ3v) is 6.35. The number of benzene rings is 2. The first kappa shape index (κ1) is 21.3. The van der Waals surface area contributed by atoms with E-state index in [4.69, 9.17) is 0 Å². The highest BCUT2D eigenvalue weighted by molar-refractivity contribution is 7.89. The molecule has 1 aliphatic rings. The minimum Gasteiger partial charge on any atom is -0.354 e. The number of amides is 2. The maximum Gasteiger partial charge on any atom is 0.276 e. The lowest BCUT2D eigenvalue weighted by atomic mass is 10.1. The summed E-state index contributed by atoms with van der Waals surface area (Å²) in [4.78, 5) is 34.0. The van der Waals surface area contributed by atoms with Gasteiger partial charge in [-0.25, -0.2) is 12.8 Å². The molecule has 158 valence electrons. The normalized spacial score (nSPS) is 14.8. The average molecular weight is 436 g/mol. The SMILES string of the molecule is Cc1c(F)cc(C(=O)Nc2cccc(S(=O)(=O)N3CCNC(=O)C3)c2)cc1[N+](=O)[O-]. The molecule has 0 aromatic heterocycles. The van der Waals surface area contributed by atoms with Crippen molar-refractivity contribution in [2.45, 2.75) is 11.8 Å². The number of carbonyl (C=O) groups is 2. The highest BCUT2D eigenvalue weighted by Gasteiger charge is 2.29. The molecule has 0 radical (unpaired) electrons. The summed E-state index contributed by atoms with van der Waals surface area (Å²) in [6, 6.07) is 7.13. The maximum absolute atomic E-state index is 14.0. The Morgan fingerprint density at radius 1 is 1.30 bits per heavy atom. The van der Waals surface area contributed by atoms with Crippen LogP contribution in [0.1, 0.15) is 15.9 Å². The summed E-state index contributed by atoms with van der Waals surface area (Å²) in [6.07, 6.45) is 0. The van der Waals surface area contributed by atoms with Crippen LogP contribution in [0.3, 0.4) is 0 Å². The molecule has 0 unspecified atom stereocenters. The van der Waals surface area contributed by atoms with Crippen LogP contribution in [-0.4, -0.2) is 49.1 Å². The van der Waals surface area contributed by atoms with E-state index < -0.39 is 38.3 Å². The number of nitrogens with one attached hydrogen (secondary N) is 2. The minimum absolute atomic E-state index is 0.0890. The van der Waals surface area contributed by atoms with Gasteiger partial charge in [-0.2, -0.15) is 4.31 Å². The van der Waals surface area contributed by atoms with Crippen LogP contribution in [0, 0.1) is 22.9 Å². The number of hydrogen-bond acceptors (Lipinski definition) is 6. The zero-order chi connectivity index (χ0) is 22.1. The molecular formula is C18H17FN4O6S. The topological polar surface area (TPSA) is 139 Å². The van der Waals surface area contributed by atoms with Crippen LogP contribution in [0.4, 0.5) is 15.8 Å². The molecule has 0 aliphatic carbocycles. The number of halogens is 1. The summed E-state index contributed by atoms with van der Waals surface area (Å²) >= 11 is 0. The van der Waals surface area contributed by atoms with E-state index in [-0.39, 0.29) is 41.3 Å². The molecule has 2 aromatic rings. The fourth-order valence-electron chi connectivity index (χ4n) is 2.89. The van der Waals surface area contributed by atoms with Crippen LogP contribution < -0.4 is 10.6 Å². The monoisotopic (exact) mass is 436 g/mol. The molecule has 3 rings (SSSR count). The largest absolute Gasteiger partial charge is 0.354 e. The van der Waals surface area contributed by atoms with Crippen molar-refractivity contribution >= 4 is 33.2 Å². The van der Waals surface area contributed by atoms with Crippen LogP contribution in [0.2, 0.25) is 0 Å². The predicted octanol–water partition coefficient (Wildman–Crippen LogP) is 1.42. The van der Waals surface area contributed by atoms with Gasteiger partial charge in [-0.3, -0.25) is 19.7 Å². The quantitative estimate of drug-likeness (QED) is 0.537. The Bertz CT molecular complexity index is 1150. The molecule has 1 heterocycles. The molecular weight excluding hydrogens is 419 g/mol. The van der Waals surface area contributed by atoms with E-state index in [0.29, 0.717) is 0 Å². The summed E-state index contributed by atoms with van der Waals surface area (Å²) in [6.45, 7) is 1.21. The number of hydrogen-bond donors (Lipinski definition) is 2. The van der Waals surface area contributed by atoms with Gasteiger partial charge >= 0.3 is 0 Å². The van der Waals surface area contributed by atoms with Crippen LogP contribution >= 0.6 is 0 Å². The van der Waals surface area contributed by atoms with Crippen molar-refractivity contribution in [2.75, 3.05) is 25.0 Å². The maximum atomic E-state index is 14.0. The van der Waals surface area contributed by atoms with E-state index in [0.717, 1.165) is 16.4 Å². The molecule has 2 N–H and O–H groups in total. The van der Waals surface area contributed by atoms with Crippen molar-refractivity contribution in [3.8, 4) is 0 Å². The van der Waals surface area contributed by atoms with Gasteiger partial charge in [0.05, 0.1) is 21.9 Å². The lowest BCUT2D eigenvalue weighted by molar-refractivity contribution is -0.385. The van der Waals surface area contributed by atoms with Gasteiger partial charge < -0.3 is 10.6 Å². The second-order valence-corrected chi connectivity index (χ2v) is 8.47. The lowest BCUT2D eigenvalue weighted by Gasteiger charge is -2.26. The molecule has 0 atom stereocenters. The molecule has 0 bridgehead atoms. The van der Waals surface area contributed by atoms with Crippen LogP contribution in [0.25, 0.3) is 0 Å². The third kappa shape index (κ3) is 4.28. The molecule has 2 amide bonds. The van der Waals surface area contributed by atoms with Crippen LogP contribution in [0.5, 0.6) is 0 Å². The van der Waals surface area contributed by atoms with Gasteiger partial charge in [-0.15, -0.1) is 0 Å². The lowest BCUT2D eigenvalue weighted by Crippen LogP contribution is -2.49. The fourth-order valence-corrected chi connectivity index (χ4v) is 4.34. The number of nitrogens with zero attached hydrogens (tertiary/aromatic N) is 2. The summed E-state index contributed by atoms with van der Waals surface area (Å²) in [5, 5.41) is 16.0. The van der Waals surface area contributed by atoms with E-state index in [1.807, 2.05) is 0 Å². The van der Waals surface area contributed by atoms with E-state index in [2.05, 4.69) is 10.6 Å². The number of rotatable bonds is 5. The Kier molecular flexibility index (Phi) is 5.80. The Balaban J connectivity index is 1.86. The number of nitro benzene ring substituents is 1. The third-order valence-electron chi connectivity index (χ3n) is 4.51. The Morgan fingerprint density at radius 3 is 2.70 bits per heavy atom. The fraction of sp³-hybridized carbons (Fsp3) is 0.222. The van der Waals surface area contributed by atoms with Gasteiger partial charge in [-0.05, 0) is 31.2 Å². The molecule has 1 aliphatic heterocycles. The smallest absolute Gasteiger partial charge is 0.276 e. The highest BCUT2D eigenvalue weighted by atomic mass is 32.2. The summed E-state index contributed by atoms with van der Waals surface area (Å²) in [5.41, 5.74) is -0.938. The molecule has 2 aromatic carbocycles. The first-order valence-electron chi connectivity index (χ1n) is 8.72. The Hall–Kier alpha value is -3.38. The van der Waals surface area contributed by atoms with Crippen molar-refractivity contribution in [3.05, 3.63) is 63.5 Å². The van der Waals surface area contributed by atoms with Gasteiger partial charge in [0.25, 0.3) is 11.6 Å². The highest BCUT2D eigenvalue weighted by Crippen LogP contribution is 2.24. The van der Waals surface area contributed by atoms with Gasteiger partial charge in [0.1, 0.15) is 5.82 Å². The zero-order valence-corrected chi connectivity index (χ0v) is 16.5. The van der Waals surface area contributed by atoms with E-state index in [9.17, 15) is 32.5 Å². The number of sulfonamides is 1. The summed E-state index contributed by atoms with van der Waals surface area (Å²) in [5.74, 6) is -2.17. The minimum atomic E-state index is -3.98. The van der Waals surface area contributed by atoms with Crippen molar-refractivity contribution in [2.24, 2.45) is 0 Å². The second kappa shape index (κ2) is 8.16. The average Bonchev–Trinajstić information content (AvgIpc) is 2.69. The number of nitro groups is 1. The molecule has 0 saturated carbocycles. The molecule has 0 spiro atoms. The van der Waals surface area contributed by atoms with Crippen molar-refractivity contribution in [3.63, 3.8) is 0 Å². The van der Waals surface area contributed by atoms with Gasteiger partial charge in [0.2, 0.25) is 15.9 Å². The first-order chi connectivity index (χ1) is 14.1. The molecule has 30 heavy (non-hydrogen) atoms. The predicted molar refractivity (Wildman–Crippen MR) is 104 cm³/mol. The van der Waals surface area contributed by atoms with Crippen LogP contribution in [-0.2, 0) is 14.8 Å². The Morgan fingerprint density at radius 2 is 2.03 bits per heavy atom. The number of carbonyl (C=O) groups excluding carboxylic acids is 2. The molecule has 1 saturated heterocycles. The number of anilines is 1. The van der Waals surface area contributed by atoms with E-state index in [1.165, 1.54) is 31.2 Å². The van der Waals surface area contributed by atoms with E-state index in [1.54, 1.807) is 0 Å². The summed E-state index contributed by atoms with van der Waals surface area (Å²) < 4.78 is 40.5. The molecule has 10 nitrogen and oxygen atoms in total. The van der Waals surface area contributed by atoms with Gasteiger partial charge in [0.15, 0.2) is 0 Å². The van der Waals surface area contributed by atoms with E-state index >= 15 is 0 Å². The summed E-state index contributed by atoms with van der Waals surface area (Å²) in [7, 11) is -3.98. The standard InChI is InChI=1S/C18H17FN4O6S/c1-11-15(19)7-12(8-16(11)23(26)27)18(25)21-13-3-2-4-14(9-13)30(28,29)22-6-5-20-17(24)10-22/h2-4,7-9H,5-6,10H2,1H3,(H,20,24)(H,21,25). The Labute approximate surface area is 170 Å². The van der Waals surface area contributed by atoms with Gasteiger partial charge in [-0.1, -0.05) is 6.07 Å². The second-order valence-electron chi connectivity index (χ2n) is 6.53. The zero-order valence-electron chi connectivity index (χ0n) is 15.7. The molecule has 1 fully saturated rings. The van der Waals surface area contributed by atoms with Gasteiger partial charge in [0, 0.05) is 30.4 Å². The van der Waals surface area contributed by atoms with Crippen molar-refractivity contribution in [1.82, 2.24) is 9.62 Å². The number of piperazine rings is 1. The molecule has 12 heteroatoms. The van der Waals surface area contributed by atoms with Crippen molar-refractivity contribution < 1.29 is 27.3 Å². The van der Waals surface area contributed by atoms with Crippen LogP contribution in [0.15, 0.2) is 41.3 Å². The first-order valence-corrected chi connectivity index (χ1v) is 10.2. The van der Waals surface area contributed by atoms with Crippen molar-refractivity contribution in [1.29, 1.82) is 0 Å².